The zero-order chi connectivity index (χ0) is 13.3. The third-order valence-electron chi connectivity index (χ3n) is 2.96. The van der Waals surface area contributed by atoms with Gasteiger partial charge >= 0.3 is 0 Å². The number of hydrogen-bond donors (Lipinski definition) is 0. The molecule has 0 N–H and O–H groups in total. The second-order valence-corrected chi connectivity index (χ2v) is 4.43. The third-order valence-corrected chi connectivity index (χ3v) is 2.96. The lowest BCUT2D eigenvalue weighted by atomic mass is 10.2. The summed E-state index contributed by atoms with van der Waals surface area (Å²) in [5, 5.41) is 3.86. The molecule has 0 saturated carbocycles. The molecule has 0 amide bonds. The van der Waals surface area contributed by atoms with Crippen molar-refractivity contribution in [3.05, 3.63) is 35.6 Å². The number of halogens is 1. The summed E-state index contributed by atoms with van der Waals surface area (Å²) in [4.78, 5) is 7.53. The molecular formula is C14H19FN2O2. The molecule has 5 heteroatoms. The van der Waals surface area contributed by atoms with E-state index in [9.17, 15) is 4.39 Å². The van der Waals surface area contributed by atoms with Gasteiger partial charge in [-0.1, -0.05) is 17.3 Å². The molecule has 0 unspecified atom stereocenters. The van der Waals surface area contributed by atoms with Crippen LogP contribution in [0.2, 0.25) is 0 Å². The van der Waals surface area contributed by atoms with Gasteiger partial charge in [-0.05, 0) is 24.1 Å². The van der Waals surface area contributed by atoms with Gasteiger partial charge in [0.15, 0.2) is 0 Å². The highest BCUT2D eigenvalue weighted by molar-refractivity contribution is 5.78. The number of rotatable bonds is 6. The van der Waals surface area contributed by atoms with Crippen LogP contribution in [-0.4, -0.2) is 50.6 Å². The SMILES string of the molecule is Fc1ccc(C=NOCCCN2CCOCC2)cc1. The van der Waals surface area contributed by atoms with Gasteiger partial charge in [0.1, 0.15) is 12.4 Å². The van der Waals surface area contributed by atoms with E-state index in [-0.39, 0.29) is 5.82 Å². The summed E-state index contributed by atoms with van der Waals surface area (Å²) in [6.07, 6.45) is 2.54. The minimum atomic E-state index is -0.247. The van der Waals surface area contributed by atoms with Crippen molar-refractivity contribution in [1.82, 2.24) is 4.90 Å². The number of oxime groups is 1. The number of nitrogens with zero attached hydrogens (tertiary/aromatic N) is 2. The van der Waals surface area contributed by atoms with E-state index in [0.29, 0.717) is 6.61 Å². The zero-order valence-electron chi connectivity index (χ0n) is 10.9. The summed E-state index contributed by atoms with van der Waals surface area (Å²) >= 11 is 0. The molecule has 1 aliphatic rings. The monoisotopic (exact) mass is 266 g/mol. The molecule has 0 aliphatic carbocycles. The van der Waals surface area contributed by atoms with E-state index in [4.69, 9.17) is 9.57 Å². The van der Waals surface area contributed by atoms with Crippen molar-refractivity contribution in [1.29, 1.82) is 0 Å². The summed E-state index contributed by atoms with van der Waals surface area (Å²) < 4.78 is 17.9. The van der Waals surface area contributed by atoms with Gasteiger partial charge in [-0.25, -0.2) is 4.39 Å². The number of ether oxygens (including phenoxy) is 1. The zero-order valence-corrected chi connectivity index (χ0v) is 10.9. The first kappa shape index (κ1) is 14.0. The van der Waals surface area contributed by atoms with Crippen molar-refractivity contribution in [3.8, 4) is 0 Å². The average Bonchev–Trinajstić information content (AvgIpc) is 2.46. The molecule has 1 saturated heterocycles. The molecule has 19 heavy (non-hydrogen) atoms. The molecule has 1 aliphatic heterocycles. The van der Waals surface area contributed by atoms with E-state index >= 15 is 0 Å². The molecule has 0 spiro atoms. The highest BCUT2D eigenvalue weighted by atomic mass is 19.1. The molecule has 104 valence electrons. The van der Waals surface area contributed by atoms with Gasteiger partial charge < -0.3 is 9.57 Å². The Balaban J connectivity index is 1.57. The molecule has 0 bridgehead atoms. The van der Waals surface area contributed by atoms with Crippen molar-refractivity contribution in [2.24, 2.45) is 5.16 Å². The van der Waals surface area contributed by atoms with E-state index in [1.165, 1.54) is 12.1 Å². The first-order chi connectivity index (χ1) is 9.34. The summed E-state index contributed by atoms with van der Waals surface area (Å²) in [5.74, 6) is -0.247. The van der Waals surface area contributed by atoms with Crippen LogP contribution < -0.4 is 0 Å². The predicted molar refractivity (Wildman–Crippen MR) is 71.8 cm³/mol. The molecule has 0 aromatic heterocycles. The largest absolute Gasteiger partial charge is 0.396 e. The van der Waals surface area contributed by atoms with Crippen molar-refractivity contribution < 1.29 is 14.0 Å². The van der Waals surface area contributed by atoms with Crippen LogP contribution in [0.5, 0.6) is 0 Å². The molecule has 2 rings (SSSR count). The van der Waals surface area contributed by atoms with Gasteiger partial charge in [-0.15, -0.1) is 0 Å². The summed E-state index contributed by atoms with van der Waals surface area (Å²) in [6, 6.07) is 6.13. The van der Waals surface area contributed by atoms with Crippen molar-refractivity contribution in [2.45, 2.75) is 6.42 Å². The third kappa shape index (κ3) is 5.36. The fourth-order valence-corrected chi connectivity index (χ4v) is 1.88. The molecule has 0 atom stereocenters. The van der Waals surface area contributed by atoms with E-state index in [1.807, 2.05) is 0 Å². The average molecular weight is 266 g/mol. The van der Waals surface area contributed by atoms with E-state index < -0.39 is 0 Å². The highest BCUT2D eigenvalue weighted by Crippen LogP contribution is 2.01. The van der Waals surface area contributed by atoms with E-state index in [0.717, 1.165) is 44.8 Å². The maximum atomic E-state index is 12.7. The molecule has 1 aromatic carbocycles. The second-order valence-electron chi connectivity index (χ2n) is 4.43. The fraction of sp³-hybridized carbons (Fsp3) is 0.500. The molecule has 1 aromatic rings. The van der Waals surface area contributed by atoms with Gasteiger partial charge in [0.2, 0.25) is 0 Å². The van der Waals surface area contributed by atoms with Crippen LogP contribution in [0.25, 0.3) is 0 Å². The van der Waals surface area contributed by atoms with Crippen LogP contribution in [0.1, 0.15) is 12.0 Å². The summed E-state index contributed by atoms with van der Waals surface area (Å²) in [6.45, 7) is 5.25. The van der Waals surface area contributed by atoms with E-state index in [1.54, 1.807) is 18.3 Å². The lowest BCUT2D eigenvalue weighted by Crippen LogP contribution is -2.37. The predicted octanol–water partition coefficient (Wildman–Crippen LogP) is 1.90. The molecule has 1 heterocycles. The Morgan fingerprint density at radius 2 is 2.00 bits per heavy atom. The molecule has 0 radical (unpaired) electrons. The van der Waals surface area contributed by atoms with Crippen LogP contribution in [0, 0.1) is 5.82 Å². The second kappa shape index (κ2) is 7.86. The Bertz CT molecular complexity index is 389. The van der Waals surface area contributed by atoms with Gasteiger partial charge in [-0.2, -0.15) is 0 Å². The van der Waals surface area contributed by atoms with Crippen molar-refractivity contribution in [2.75, 3.05) is 39.5 Å². The highest BCUT2D eigenvalue weighted by Gasteiger charge is 2.08. The lowest BCUT2D eigenvalue weighted by molar-refractivity contribution is 0.0323. The van der Waals surface area contributed by atoms with Gasteiger partial charge in [0.25, 0.3) is 0 Å². The molecule has 1 fully saturated rings. The Morgan fingerprint density at radius 1 is 1.26 bits per heavy atom. The lowest BCUT2D eigenvalue weighted by Gasteiger charge is -2.26. The standard InChI is InChI=1S/C14H19FN2O2/c15-14-4-2-13(3-5-14)12-16-19-9-1-6-17-7-10-18-11-8-17/h2-5,12H,1,6-11H2. The normalized spacial score (nSPS) is 16.9. The van der Waals surface area contributed by atoms with Crippen LogP contribution in [0.3, 0.4) is 0 Å². The van der Waals surface area contributed by atoms with Crippen LogP contribution in [-0.2, 0) is 9.57 Å². The minimum absolute atomic E-state index is 0.247. The Morgan fingerprint density at radius 3 is 2.74 bits per heavy atom. The maximum absolute atomic E-state index is 12.7. The summed E-state index contributed by atoms with van der Waals surface area (Å²) in [5.41, 5.74) is 0.828. The number of hydrogen-bond acceptors (Lipinski definition) is 4. The van der Waals surface area contributed by atoms with Crippen LogP contribution in [0.4, 0.5) is 4.39 Å². The van der Waals surface area contributed by atoms with E-state index in [2.05, 4.69) is 10.1 Å². The van der Waals surface area contributed by atoms with Crippen molar-refractivity contribution in [3.63, 3.8) is 0 Å². The smallest absolute Gasteiger partial charge is 0.123 e. The summed E-state index contributed by atoms with van der Waals surface area (Å²) in [7, 11) is 0. The Labute approximate surface area is 112 Å². The molecule has 4 nitrogen and oxygen atoms in total. The Hall–Kier alpha value is -1.46. The first-order valence-corrected chi connectivity index (χ1v) is 6.55. The maximum Gasteiger partial charge on any atom is 0.123 e. The fourth-order valence-electron chi connectivity index (χ4n) is 1.88. The van der Waals surface area contributed by atoms with Crippen LogP contribution >= 0.6 is 0 Å². The Kier molecular flexibility index (Phi) is 5.78. The van der Waals surface area contributed by atoms with Gasteiger partial charge in [-0.3, -0.25) is 4.90 Å². The first-order valence-electron chi connectivity index (χ1n) is 6.55. The van der Waals surface area contributed by atoms with Crippen LogP contribution in [0.15, 0.2) is 29.4 Å². The number of benzene rings is 1. The van der Waals surface area contributed by atoms with Gasteiger partial charge in [0.05, 0.1) is 19.4 Å². The van der Waals surface area contributed by atoms with Gasteiger partial charge in [0, 0.05) is 19.6 Å². The molecular weight excluding hydrogens is 247 g/mol. The topological polar surface area (TPSA) is 34.1 Å². The van der Waals surface area contributed by atoms with Crippen molar-refractivity contribution >= 4 is 6.21 Å². The number of morpholine rings is 1. The quantitative estimate of drug-likeness (QED) is 0.448. The minimum Gasteiger partial charge on any atom is -0.396 e.